The summed E-state index contributed by atoms with van der Waals surface area (Å²) < 4.78 is 28.5. The fraction of sp³-hybridized carbons (Fsp3) is 0.478. The molecule has 1 aromatic rings. The van der Waals surface area contributed by atoms with Crippen LogP contribution in [0, 0.1) is 12.8 Å². The van der Waals surface area contributed by atoms with Crippen molar-refractivity contribution in [2.24, 2.45) is 10.9 Å². The summed E-state index contributed by atoms with van der Waals surface area (Å²) in [5.74, 6) is -0.223. The molecule has 0 N–H and O–H groups in total. The summed E-state index contributed by atoms with van der Waals surface area (Å²) in [6.07, 6.45) is 3.32. The quantitative estimate of drug-likeness (QED) is 0.762. The van der Waals surface area contributed by atoms with Crippen LogP contribution >= 0.6 is 0 Å². The number of anilines is 1. The second-order valence-electron chi connectivity index (χ2n) is 8.41. The summed E-state index contributed by atoms with van der Waals surface area (Å²) in [6, 6.07) is 5.95. The van der Waals surface area contributed by atoms with Crippen LogP contribution in [0.5, 0.6) is 0 Å². The van der Waals surface area contributed by atoms with E-state index in [1.807, 2.05) is 25.1 Å². The molecule has 4 nitrogen and oxygen atoms in total. The van der Waals surface area contributed by atoms with Gasteiger partial charge in [0.25, 0.3) is 5.91 Å². The van der Waals surface area contributed by atoms with Crippen LogP contribution in [0.1, 0.15) is 35.2 Å². The zero-order valence-electron chi connectivity index (χ0n) is 17.2. The van der Waals surface area contributed by atoms with Crippen molar-refractivity contribution in [1.82, 2.24) is 4.90 Å². The third-order valence-electron chi connectivity index (χ3n) is 6.15. The maximum absolute atomic E-state index is 14.3. The van der Waals surface area contributed by atoms with Gasteiger partial charge >= 0.3 is 0 Å². The lowest BCUT2D eigenvalue weighted by Crippen LogP contribution is -2.41. The third kappa shape index (κ3) is 3.72. The molecule has 0 radical (unpaired) electrons. The van der Waals surface area contributed by atoms with E-state index in [4.69, 9.17) is 4.99 Å². The highest BCUT2D eigenvalue weighted by Gasteiger charge is 2.38. The van der Waals surface area contributed by atoms with Crippen LogP contribution in [-0.2, 0) is 0 Å². The Balaban J connectivity index is 1.49. The molecule has 2 heterocycles. The number of carbonyl (C=O) groups excluding carboxylic acids is 1. The fourth-order valence-electron chi connectivity index (χ4n) is 4.66. The number of rotatable bonds is 3. The summed E-state index contributed by atoms with van der Waals surface area (Å²) in [5, 5.41) is 0. The lowest BCUT2D eigenvalue weighted by Gasteiger charge is -2.36. The molecule has 1 amide bonds. The van der Waals surface area contributed by atoms with Crippen LogP contribution in [0.2, 0.25) is 0 Å². The number of benzene rings is 1. The van der Waals surface area contributed by atoms with Gasteiger partial charge in [0.2, 0.25) is 0 Å². The molecule has 3 aliphatic rings. The Bertz CT molecular complexity index is 919. The smallest absolute Gasteiger partial charge is 0.253 e. The van der Waals surface area contributed by atoms with Gasteiger partial charge in [0.1, 0.15) is 12.0 Å². The van der Waals surface area contributed by atoms with E-state index in [1.54, 1.807) is 25.1 Å². The van der Waals surface area contributed by atoms with E-state index in [0.29, 0.717) is 17.7 Å². The van der Waals surface area contributed by atoms with Crippen molar-refractivity contribution in [3.05, 3.63) is 52.9 Å². The molecule has 1 fully saturated rings. The number of piperidine rings is 1. The number of alkyl halides is 1. The van der Waals surface area contributed by atoms with Crippen LogP contribution in [0.4, 0.5) is 14.5 Å². The number of aryl methyl sites for hydroxylation is 1. The highest BCUT2D eigenvalue weighted by atomic mass is 19.1. The third-order valence-corrected chi connectivity index (χ3v) is 6.15. The number of allylic oxidation sites excluding steroid dienone is 4. The van der Waals surface area contributed by atoms with E-state index < -0.39 is 12.0 Å². The highest BCUT2D eigenvalue weighted by molar-refractivity contribution is 6.03. The first-order chi connectivity index (χ1) is 13.8. The zero-order valence-corrected chi connectivity index (χ0v) is 17.2. The minimum absolute atomic E-state index is 0.00944. The van der Waals surface area contributed by atoms with Crippen molar-refractivity contribution in [3.8, 4) is 0 Å². The van der Waals surface area contributed by atoms with Crippen molar-refractivity contribution in [2.75, 3.05) is 32.1 Å². The Morgan fingerprint density at radius 1 is 1.31 bits per heavy atom. The number of halogens is 2. The van der Waals surface area contributed by atoms with E-state index in [2.05, 4.69) is 4.90 Å². The molecule has 3 atom stereocenters. The van der Waals surface area contributed by atoms with E-state index in [-0.39, 0.29) is 29.9 Å². The highest BCUT2D eigenvalue weighted by Crippen LogP contribution is 2.37. The van der Waals surface area contributed by atoms with Gasteiger partial charge in [-0.05, 0) is 49.6 Å². The van der Waals surface area contributed by atoms with Gasteiger partial charge in [-0.15, -0.1) is 0 Å². The second kappa shape index (κ2) is 7.73. The molecule has 0 spiro atoms. The molecule has 4 rings (SSSR count). The standard InChI is InChI=1S/C23H27F2N3O/c1-14-11-15(23(29)27(2)3)7-8-21(14)28-10-9-19-16(13-28)12-20(26-19)22-17(24)5-4-6-18(22)25/h4-5,7-8,11,16,18-19H,6,9-10,12-13H2,1-3H3. The predicted molar refractivity (Wildman–Crippen MR) is 112 cm³/mol. The van der Waals surface area contributed by atoms with Gasteiger partial charge < -0.3 is 9.80 Å². The topological polar surface area (TPSA) is 35.9 Å². The first kappa shape index (κ1) is 19.8. The first-order valence-electron chi connectivity index (χ1n) is 10.2. The van der Waals surface area contributed by atoms with E-state index >= 15 is 0 Å². The SMILES string of the molecule is Cc1cc(C(=O)N(C)C)ccc1N1CCC2N=C(C3=C(F)C=CCC3F)CC2C1. The van der Waals surface area contributed by atoms with Crippen molar-refractivity contribution in [1.29, 1.82) is 0 Å². The number of hydrogen-bond acceptors (Lipinski definition) is 3. The molecule has 0 saturated carbocycles. The van der Waals surface area contributed by atoms with Crippen molar-refractivity contribution < 1.29 is 13.6 Å². The molecule has 0 bridgehead atoms. The van der Waals surface area contributed by atoms with E-state index in [0.717, 1.165) is 30.8 Å². The Kier molecular flexibility index (Phi) is 5.28. The lowest BCUT2D eigenvalue weighted by atomic mass is 9.88. The zero-order chi connectivity index (χ0) is 20.7. The summed E-state index contributed by atoms with van der Waals surface area (Å²) in [7, 11) is 3.49. The number of amides is 1. The van der Waals surface area contributed by atoms with Crippen molar-refractivity contribution in [3.63, 3.8) is 0 Å². The van der Waals surface area contributed by atoms with E-state index in [9.17, 15) is 13.6 Å². The van der Waals surface area contributed by atoms with Crippen LogP contribution in [0.15, 0.2) is 46.7 Å². The van der Waals surface area contributed by atoms with Crippen LogP contribution < -0.4 is 4.90 Å². The van der Waals surface area contributed by atoms with Gasteiger partial charge in [0.05, 0.1) is 6.04 Å². The number of carbonyl (C=O) groups is 1. The molecule has 6 heteroatoms. The fourth-order valence-corrected chi connectivity index (χ4v) is 4.66. The first-order valence-corrected chi connectivity index (χ1v) is 10.2. The Morgan fingerprint density at radius 3 is 2.79 bits per heavy atom. The Hall–Kier alpha value is -2.50. The summed E-state index contributed by atoms with van der Waals surface area (Å²) in [4.78, 5) is 20.8. The largest absolute Gasteiger partial charge is 0.371 e. The number of nitrogens with zero attached hydrogens (tertiary/aromatic N) is 3. The summed E-state index contributed by atoms with van der Waals surface area (Å²) in [6.45, 7) is 3.67. The number of fused-ring (bicyclic) bond motifs is 1. The monoisotopic (exact) mass is 399 g/mol. The minimum atomic E-state index is -1.29. The molecule has 1 aliphatic carbocycles. The van der Waals surface area contributed by atoms with Crippen LogP contribution in [0.3, 0.4) is 0 Å². The van der Waals surface area contributed by atoms with Gasteiger partial charge in [-0.1, -0.05) is 6.08 Å². The van der Waals surface area contributed by atoms with E-state index in [1.165, 1.54) is 6.08 Å². The van der Waals surface area contributed by atoms with Gasteiger partial charge in [-0.3, -0.25) is 9.79 Å². The maximum Gasteiger partial charge on any atom is 0.253 e. The predicted octanol–water partition coefficient (Wildman–Crippen LogP) is 4.26. The van der Waals surface area contributed by atoms with Gasteiger partial charge in [-0.2, -0.15) is 0 Å². The molecule has 154 valence electrons. The molecule has 29 heavy (non-hydrogen) atoms. The minimum Gasteiger partial charge on any atom is -0.371 e. The molecular weight excluding hydrogens is 372 g/mol. The second-order valence-corrected chi connectivity index (χ2v) is 8.41. The van der Waals surface area contributed by atoms with Gasteiger partial charge in [0, 0.05) is 62.1 Å². The van der Waals surface area contributed by atoms with Gasteiger partial charge in [-0.25, -0.2) is 8.78 Å². The Labute approximate surface area is 170 Å². The van der Waals surface area contributed by atoms with Crippen molar-refractivity contribution in [2.45, 2.75) is 38.4 Å². The normalized spacial score (nSPS) is 26.4. The van der Waals surface area contributed by atoms with Crippen LogP contribution in [-0.4, -0.2) is 55.9 Å². The lowest BCUT2D eigenvalue weighted by molar-refractivity contribution is 0.0827. The van der Waals surface area contributed by atoms with Gasteiger partial charge in [0.15, 0.2) is 0 Å². The average molecular weight is 399 g/mol. The molecule has 3 unspecified atom stereocenters. The van der Waals surface area contributed by atoms with Crippen LogP contribution in [0.25, 0.3) is 0 Å². The number of aliphatic imine (C=N–C) groups is 1. The molecule has 1 saturated heterocycles. The molecule has 0 aromatic heterocycles. The Morgan fingerprint density at radius 2 is 2.10 bits per heavy atom. The molecular formula is C23H27F2N3O. The molecule has 2 aliphatic heterocycles. The molecule has 1 aromatic carbocycles. The summed E-state index contributed by atoms with van der Waals surface area (Å²) >= 11 is 0. The van der Waals surface area contributed by atoms with Crippen molar-refractivity contribution >= 4 is 17.3 Å². The maximum atomic E-state index is 14.3. The average Bonchev–Trinajstić information content (AvgIpc) is 3.09. The summed E-state index contributed by atoms with van der Waals surface area (Å²) in [5.41, 5.74) is 3.63. The number of hydrogen-bond donors (Lipinski definition) is 0.